The van der Waals surface area contributed by atoms with Crippen LogP contribution in [-0.2, 0) is 0 Å². The van der Waals surface area contributed by atoms with E-state index >= 15 is 0 Å². The van der Waals surface area contributed by atoms with Crippen molar-refractivity contribution in [3.05, 3.63) is 83.9 Å². The van der Waals surface area contributed by atoms with Gasteiger partial charge in [0.05, 0.1) is 0 Å². The van der Waals surface area contributed by atoms with Crippen molar-refractivity contribution in [1.82, 2.24) is 5.32 Å². The second kappa shape index (κ2) is 6.44. The van der Waals surface area contributed by atoms with Gasteiger partial charge in [-0.1, -0.05) is 67.6 Å². The summed E-state index contributed by atoms with van der Waals surface area (Å²) in [5.74, 6) is 0.277. The zero-order valence-electron chi connectivity index (χ0n) is 12.6. The Bertz CT molecular complexity index is 780. The van der Waals surface area contributed by atoms with Crippen molar-refractivity contribution in [1.29, 1.82) is 0 Å². The number of fused-ring (bicyclic) bond motifs is 1. The van der Waals surface area contributed by atoms with E-state index < -0.39 is 0 Å². The molecule has 0 aliphatic carbocycles. The molecule has 1 amide bonds. The molecule has 2 heteroatoms. The molecule has 0 bridgehead atoms. The predicted molar refractivity (Wildman–Crippen MR) is 91.1 cm³/mol. The van der Waals surface area contributed by atoms with Gasteiger partial charge in [-0.3, -0.25) is 4.79 Å². The normalized spacial score (nSPS) is 12.0. The molecular formula is C20H19NO. The van der Waals surface area contributed by atoms with E-state index in [9.17, 15) is 4.79 Å². The van der Waals surface area contributed by atoms with Gasteiger partial charge >= 0.3 is 0 Å². The summed E-state index contributed by atoms with van der Waals surface area (Å²) < 4.78 is 0. The number of hydrogen-bond donors (Lipinski definition) is 1. The van der Waals surface area contributed by atoms with Gasteiger partial charge in [-0.25, -0.2) is 0 Å². The van der Waals surface area contributed by atoms with Gasteiger partial charge in [-0.05, 0) is 34.4 Å². The van der Waals surface area contributed by atoms with Crippen LogP contribution in [0, 0.1) is 0 Å². The second-order valence-corrected chi connectivity index (χ2v) is 5.58. The molecule has 0 unspecified atom stereocenters. The van der Waals surface area contributed by atoms with Crippen LogP contribution in [0.1, 0.15) is 28.8 Å². The van der Waals surface area contributed by atoms with Crippen molar-refractivity contribution < 1.29 is 4.79 Å². The molecule has 0 spiro atoms. The molecular weight excluding hydrogens is 270 g/mol. The summed E-state index contributed by atoms with van der Waals surface area (Å²) in [5.41, 5.74) is 1.94. The molecule has 3 aromatic rings. The van der Waals surface area contributed by atoms with Crippen LogP contribution in [0.2, 0.25) is 0 Å². The molecule has 3 aromatic carbocycles. The Morgan fingerprint density at radius 1 is 0.909 bits per heavy atom. The Kier molecular flexibility index (Phi) is 4.19. The summed E-state index contributed by atoms with van der Waals surface area (Å²) in [6, 6.07) is 24.1. The van der Waals surface area contributed by atoms with Crippen molar-refractivity contribution in [2.45, 2.75) is 12.8 Å². The lowest BCUT2D eigenvalue weighted by Gasteiger charge is -2.13. The third kappa shape index (κ3) is 3.17. The average molecular weight is 289 g/mol. The minimum atomic E-state index is -0.0199. The molecule has 0 aliphatic heterocycles. The maximum Gasteiger partial charge on any atom is 0.251 e. The van der Waals surface area contributed by atoms with E-state index in [1.165, 1.54) is 5.56 Å². The standard InChI is InChI=1S/C20H19NO/c1-15(16-7-3-2-4-8-16)14-21-20(22)19-12-11-17-9-5-6-10-18(17)13-19/h2-13,15H,14H2,1H3,(H,21,22)/t15-/m1/s1. The molecule has 2 nitrogen and oxygen atoms in total. The van der Waals surface area contributed by atoms with Gasteiger partial charge in [-0.2, -0.15) is 0 Å². The maximum absolute atomic E-state index is 12.3. The van der Waals surface area contributed by atoms with E-state index in [2.05, 4.69) is 30.4 Å². The highest BCUT2D eigenvalue weighted by molar-refractivity contribution is 5.98. The van der Waals surface area contributed by atoms with E-state index in [1.54, 1.807) is 0 Å². The largest absolute Gasteiger partial charge is 0.351 e. The van der Waals surface area contributed by atoms with Gasteiger partial charge in [0, 0.05) is 12.1 Å². The quantitative estimate of drug-likeness (QED) is 0.759. The lowest BCUT2D eigenvalue weighted by atomic mass is 10.0. The van der Waals surface area contributed by atoms with Gasteiger partial charge in [0.25, 0.3) is 5.91 Å². The van der Waals surface area contributed by atoms with Crippen molar-refractivity contribution >= 4 is 16.7 Å². The number of hydrogen-bond acceptors (Lipinski definition) is 1. The summed E-state index contributed by atoms with van der Waals surface area (Å²) in [6.45, 7) is 2.76. The van der Waals surface area contributed by atoms with E-state index in [0.29, 0.717) is 18.0 Å². The summed E-state index contributed by atoms with van der Waals surface area (Å²) >= 11 is 0. The van der Waals surface area contributed by atoms with Crippen molar-refractivity contribution in [3.8, 4) is 0 Å². The molecule has 1 N–H and O–H groups in total. The Morgan fingerprint density at radius 2 is 1.59 bits per heavy atom. The molecule has 0 heterocycles. The Morgan fingerprint density at radius 3 is 2.36 bits per heavy atom. The van der Waals surface area contributed by atoms with Gasteiger partial charge < -0.3 is 5.32 Å². The van der Waals surface area contributed by atoms with E-state index in [4.69, 9.17) is 0 Å². The highest BCUT2D eigenvalue weighted by Crippen LogP contribution is 2.16. The number of amides is 1. The molecule has 0 saturated heterocycles. The van der Waals surface area contributed by atoms with Gasteiger partial charge in [0.2, 0.25) is 0 Å². The van der Waals surface area contributed by atoms with Crippen LogP contribution >= 0.6 is 0 Å². The van der Waals surface area contributed by atoms with Crippen LogP contribution in [0.25, 0.3) is 10.8 Å². The number of nitrogens with one attached hydrogen (secondary N) is 1. The Balaban J connectivity index is 1.68. The first kappa shape index (κ1) is 14.3. The average Bonchev–Trinajstić information content (AvgIpc) is 2.59. The minimum absolute atomic E-state index is 0.0199. The molecule has 3 rings (SSSR count). The maximum atomic E-state index is 12.3. The summed E-state index contributed by atoms with van der Waals surface area (Å²) in [4.78, 5) is 12.3. The van der Waals surface area contributed by atoms with Crippen molar-refractivity contribution in [2.75, 3.05) is 6.54 Å². The van der Waals surface area contributed by atoms with Crippen LogP contribution in [0.4, 0.5) is 0 Å². The zero-order chi connectivity index (χ0) is 15.4. The Labute approximate surface area is 130 Å². The molecule has 22 heavy (non-hydrogen) atoms. The fourth-order valence-corrected chi connectivity index (χ4v) is 2.58. The third-order valence-corrected chi connectivity index (χ3v) is 3.95. The lowest BCUT2D eigenvalue weighted by Crippen LogP contribution is -2.27. The van der Waals surface area contributed by atoms with E-state index in [1.807, 2.05) is 54.6 Å². The first-order valence-electron chi connectivity index (χ1n) is 7.56. The molecule has 0 aliphatic rings. The highest BCUT2D eigenvalue weighted by Gasteiger charge is 2.09. The predicted octanol–water partition coefficient (Wildman–Crippen LogP) is 4.37. The number of carbonyl (C=O) groups is 1. The van der Waals surface area contributed by atoms with E-state index in [0.717, 1.165) is 10.8 Å². The van der Waals surface area contributed by atoms with Gasteiger partial charge in [0.15, 0.2) is 0 Å². The van der Waals surface area contributed by atoms with Crippen molar-refractivity contribution in [3.63, 3.8) is 0 Å². The summed E-state index contributed by atoms with van der Waals surface area (Å²) in [5, 5.41) is 5.26. The summed E-state index contributed by atoms with van der Waals surface area (Å²) in [7, 11) is 0. The fourth-order valence-electron chi connectivity index (χ4n) is 2.58. The molecule has 0 saturated carbocycles. The highest BCUT2D eigenvalue weighted by atomic mass is 16.1. The first-order valence-corrected chi connectivity index (χ1v) is 7.56. The number of carbonyl (C=O) groups excluding carboxylic acids is 1. The minimum Gasteiger partial charge on any atom is -0.351 e. The summed E-state index contributed by atoms with van der Waals surface area (Å²) in [6.07, 6.45) is 0. The monoisotopic (exact) mass is 289 g/mol. The fraction of sp³-hybridized carbons (Fsp3) is 0.150. The topological polar surface area (TPSA) is 29.1 Å². The molecule has 0 fully saturated rings. The lowest BCUT2D eigenvalue weighted by molar-refractivity contribution is 0.0952. The molecule has 0 aromatic heterocycles. The van der Waals surface area contributed by atoms with Crippen LogP contribution in [-0.4, -0.2) is 12.5 Å². The van der Waals surface area contributed by atoms with E-state index in [-0.39, 0.29) is 5.91 Å². The second-order valence-electron chi connectivity index (χ2n) is 5.58. The molecule has 0 radical (unpaired) electrons. The SMILES string of the molecule is C[C@H](CNC(=O)c1ccc2ccccc2c1)c1ccccc1. The van der Waals surface area contributed by atoms with Gasteiger partial charge in [-0.15, -0.1) is 0 Å². The first-order chi connectivity index (χ1) is 10.7. The third-order valence-electron chi connectivity index (χ3n) is 3.95. The Hall–Kier alpha value is -2.61. The molecule has 110 valence electrons. The van der Waals surface area contributed by atoms with Crippen molar-refractivity contribution in [2.24, 2.45) is 0 Å². The van der Waals surface area contributed by atoms with Crippen LogP contribution in [0.3, 0.4) is 0 Å². The number of benzene rings is 3. The number of rotatable bonds is 4. The van der Waals surface area contributed by atoms with Gasteiger partial charge in [0.1, 0.15) is 0 Å². The zero-order valence-corrected chi connectivity index (χ0v) is 12.6. The van der Waals surface area contributed by atoms with Crippen LogP contribution < -0.4 is 5.32 Å². The van der Waals surface area contributed by atoms with Crippen LogP contribution in [0.5, 0.6) is 0 Å². The smallest absolute Gasteiger partial charge is 0.251 e. The molecule has 1 atom stereocenters. The van der Waals surface area contributed by atoms with Crippen LogP contribution in [0.15, 0.2) is 72.8 Å².